The number of hydrogen-bond donors (Lipinski definition) is 1. The van der Waals surface area contributed by atoms with E-state index >= 15 is 0 Å². The number of methoxy groups -OCH3 is 2. The number of carbonyl (C=O) groups is 1. The quantitative estimate of drug-likeness (QED) is 0.927. The van der Waals surface area contributed by atoms with Gasteiger partial charge in [-0.15, -0.1) is 0 Å². The van der Waals surface area contributed by atoms with Gasteiger partial charge in [0.25, 0.3) is 0 Å². The van der Waals surface area contributed by atoms with Crippen molar-refractivity contribution < 1.29 is 19.0 Å². The van der Waals surface area contributed by atoms with E-state index in [1.165, 1.54) is 0 Å². The Morgan fingerprint density at radius 3 is 2.61 bits per heavy atom. The van der Waals surface area contributed by atoms with Gasteiger partial charge in [-0.25, -0.2) is 4.79 Å². The second kappa shape index (κ2) is 7.08. The molecule has 0 aliphatic carbocycles. The molecule has 1 fully saturated rings. The van der Waals surface area contributed by atoms with Gasteiger partial charge in [0.1, 0.15) is 17.1 Å². The average Bonchev–Trinajstić information content (AvgIpc) is 2.52. The summed E-state index contributed by atoms with van der Waals surface area (Å²) in [5.74, 6) is 1.53. The lowest BCUT2D eigenvalue weighted by Crippen LogP contribution is -2.49. The molecule has 1 aromatic carbocycles. The molecule has 128 valence electrons. The van der Waals surface area contributed by atoms with Crippen LogP contribution < -0.4 is 14.8 Å². The number of ether oxygens (including phenoxy) is 3. The molecular weight excluding hydrogens is 296 g/mol. The van der Waals surface area contributed by atoms with Crippen LogP contribution in [0.5, 0.6) is 11.5 Å². The maximum atomic E-state index is 12.3. The van der Waals surface area contributed by atoms with E-state index in [0.717, 1.165) is 17.1 Å². The van der Waals surface area contributed by atoms with Gasteiger partial charge in [0.2, 0.25) is 0 Å². The van der Waals surface area contributed by atoms with Crippen LogP contribution in [0.25, 0.3) is 0 Å². The molecule has 0 saturated carbocycles. The second-order valence-corrected chi connectivity index (χ2v) is 6.54. The highest BCUT2D eigenvalue weighted by Gasteiger charge is 2.29. The van der Waals surface area contributed by atoms with Gasteiger partial charge in [0.15, 0.2) is 0 Å². The van der Waals surface area contributed by atoms with E-state index in [-0.39, 0.29) is 12.1 Å². The van der Waals surface area contributed by atoms with Crippen molar-refractivity contribution in [2.45, 2.75) is 32.4 Å². The van der Waals surface area contributed by atoms with Crippen molar-refractivity contribution in [3.8, 4) is 11.5 Å². The first-order valence-electron chi connectivity index (χ1n) is 7.77. The Bertz CT molecular complexity index is 554. The van der Waals surface area contributed by atoms with Crippen LogP contribution in [-0.2, 0) is 4.74 Å². The third-order valence-corrected chi connectivity index (χ3v) is 3.64. The highest BCUT2D eigenvalue weighted by Crippen LogP contribution is 2.31. The number of hydrogen-bond acceptors (Lipinski definition) is 5. The average molecular weight is 322 g/mol. The standard InChI is InChI=1S/C17H26N2O4/c1-17(2,3)23-16(20)19-9-8-18-14(11-19)13-10-12(21-4)6-7-15(13)22-5/h6-7,10,14,18H,8-9,11H2,1-5H3. The van der Waals surface area contributed by atoms with Crippen LogP contribution >= 0.6 is 0 Å². The SMILES string of the molecule is COc1ccc(OC)c(C2CN(C(=O)OC(C)(C)C)CCN2)c1. The molecule has 1 heterocycles. The predicted molar refractivity (Wildman–Crippen MR) is 88.1 cm³/mol. The van der Waals surface area contributed by atoms with Crippen molar-refractivity contribution in [3.63, 3.8) is 0 Å². The van der Waals surface area contributed by atoms with Gasteiger partial charge in [0.05, 0.1) is 20.3 Å². The molecule has 1 unspecified atom stereocenters. The van der Waals surface area contributed by atoms with Crippen molar-refractivity contribution in [1.82, 2.24) is 10.2 Å². The lowest BCUT2D eigenvalue weighted by atomic mass is 10.0. The third kappa shape index (κ3) is 4.51. The first-order chi connectivity index (χ1) is 10.8. The summed E-state index contributed by atoms with van der Waals surface area (Å²) >= 11 is 0. The molecule has 0 aromatic heterocycles. The van der Waals surface area contributed by atoms with Crippen molar-refractivity contribution >= 4 is 6.09 Å². The van der Waals surface area contributed by atoms with Crippen LogP contribution in [0.3, 0.4) is 0 Å². The summed E-state index contributed by atoms with van der Waals surface area (Å²) in [5, 5.41) is 3.42. The largest absolute Gasteiger partial charge is 0.497 e. The van der Waals surface area contributed by atoms with Crippen molar-refractivity contribution in [1.29, 1.82) is 0 Å². The zero-order valence-electron chi connectivity index (χ0n) is 14.5. The van der Waals surface area contributed by atoms with Gasteiger partial charge in [-0.2, -0.15) is 0 Å². The smallest absolute Gasteiger partial charge is 0.410 e. The summed E-state index contributed by atoms with van der Waals surface area (Å²) in [7, 11) is 3.27. The zero-order chi connectivity index (χ0) is 17.0. The Morgan fingerprint density at radius 1 is 1.26 bits per heavy atom. The summed E-state index contributed by atoms with van der Waals surface area (Å²) < 4.78 is 16.2. The molecular formula is C17H26N2O4. The van der Waals surface area contributed by atoms with E-state index in [4.69, 9.17) is 14.2 Å². The Balaban J connectivity index is 2.16. The second-order valence-electron chi connectivity index (χ2n) is 6.54. The van der Waals surface area contributed by atoms with Crippen LogP contribution in [0.2, 0.25) is 0 Å². The number of carbonyl (C=O) groups excluding carboxylic acids is 1. The highest BCUT2D eigenvalue weighted by atomic mass is 16.6. The number of nitrogens with one attached hydrogen (secondary N) is 1. The van der Waals surface area contributed by atoms with Crippen molar-refractivity contribution in [2.24, 2.45) is 0 Å². The van der Waals surface area contributed by atoms with Crippen LogP contribution in [0.4, 0.5) is 4.79 Å². The van der Waals surface area contributed by atoms with E-state index in [0.29, 0.717) is 19.6 Å². The zero-order valence-corrected chi connectivity index (χ0v) is 14.5. The molecule has 1 aromatic rings. The number of rotatable bonds is 3. The number of benzene rings is 1. The normalized spacial score (nSPS) is 18.5. The molecule has 0 spiro atoms. The summed E-state index contributed by atoms with van der Waals surface area (Å²) in [4.78, 5) is 14.0. The first kappa shape index (κ1) is 17.4. The lowest BCUT2D eigenvalue weighted by molar-refractivity contribution is 0.0194. The van der Waals surface area contributed by atoms with Gasteiger partial charge < -0.3 is 24.4 Å². The van der Waals surface area contributed by atoms with E-state index in [1.54, 1.807) is 19.1 Å². The van der Waals surface area contributed by atoms with Crippen molar-refractivity contribution in [3.05, 3.63) is 23.8 Å². The minimum atomic E-state index is -0.495. The first-order valence-corrected chi connectivity index (χ1v) is 7.77. The van der Waals surface area contributed by atoms with Gasteiger partial charge in [0, 0.05) is 25.2 Å². The van der Waals surface area contributed by atoms with E-state index < -0.39 is 5.60 Å². The number of amides is 1. The highest BCUT2D eigenvalue weighted by molar-refractivity contribution is 5.68. The maximum Gasteiger partial charge on any atom is 0.410 e. The Kier molecular flexibility index (Phi) is 5.36. The van der Waals surface area contributed by atoms with E-state index in [9.17, 15) is 4.79 Å². The predicted octanol–water partition coefficient (Wildman–Crippen LogP) is 2.59. The van der Waals surface area contributed by atoms with Gasteiger partial charge in [-0.3, -0.25) is 0 Å². The molecule has 0 radical (unpaired) electrons. The summed E-state index contributed by atoms with van der Waals surface area (Å²) in [5.41, 5.74) is 0.477. The molecule has 6 heteroatoms. The van der Waals surface area contributed by atoms with E-state index in [1.807, 2.05) is 39.0 Å². The minimum Gasteiger partial charge on any atom is -0.497 e. The van der Waals surface area contributed by atoms with Crippen LogP contribution in [-0.4, -0.2) is 50.4 Å². The summed E-state index contributed by atoms with van der Waals surface area (Å²) in [6.45, 7) is 7.46. The number of piperazine rings is 1. The summed E-state index contributed by atoms with van der Waals surface area (Å²) in [6.07, 6.45) is -0.286. The van der Waals surface area contributed by atoms with Crippen LogP contribution in [0.15, 0.2) is 18.2 Å². The fourth-order valence-electron chi connectivity index (χ4n) is 2.56. The van der Waals surface area contributed by atoms with Gasteiger partial charge >= 0.3 is 6.09 Å². The molecule has 1 aliphatic heterocycles. The molecule has 1 N–H and O–H groups in total. The molecule has 1 aliphatic rings. The monoisotopic (exact) mass is 322 g/mol. The molecule has 1 saturated heterocycles. The fraction of sp³-hybridized carbons (Fsp3) is 0.588. The minimum absolute atomic E-state index is 0.0266. The van der Waals surface area contributed by atoms with Crippen LogP contribution in [0, 0.1) is 0 Å². The summed E-state index contributed by atoms with van der Waals surface area (Å²) in [6, 6.07) is 5.65. The molecule has 2 rings (SSSR count). The molecule has 6 nitrogen and oxygen atoms in total. The third-order valence-electron chi connectivity index (χ3n) is 3.64. The van der Waals surface area contributed by atoms with Crippen molar-refractivity contribution in [2.75, 3.05) is 33.9 Å². The number of nitrogens with zero attached hydrogens (tertiary/aromatic N) is 1. The van der Waals surface area contributed by atoms with Gasteiger partial charge in [-0.05, 0) is 39.0 Å². The lowest BCUT2D eigenvalue weighted by Gasteiger charge is -2.35. The van der Waals surface area contributed by atoms with E-state index in [2.05, 4.69) is 5.32 Å². The fourth-order valence-corrected chi connectivity index (χ4v) is 2.56. The topological polar surface area (TPSA) is 60.0 Å². The molecule has 1 atom stereocenters. The van der Waals surface area contributed by atoms with Gasteiger partial charge in [-0.1, -0.05) is 0 Å². The Labute approximate surface area is 137 Å². The maximum absolute atomic E-state index is 12.3. The molecule has 1 amide bonds. The Morgan fingerprint density at radius 2 is 2.00 bits per heavy atom. The molecule has 23 heavy (non-hydrogen) atoms. The Hall–Kier alpha value is -1.95. The molecule has 0 bridgehead atoms. The van der Waals surface area contributed by atoms with Crippen LogP contribution in [0.1, 0.15) is 32.4 Å².